The van der Waals surface area contributed by atoms with Crippen LogP contribution in [0.15, 0.2) is 12.3 Å². The monoisotopic (exact) mass is 327 g/mol. The molecule has 3 N–H and O–H groups in total. The molecule has 2 atom stereocenters. The number of nitrogens with zero attached hydrogens (tertiary/aromatic N) is 1. The first-order valence-electron chi connectivity index (χ1n) is 3.84. The first kappa shape index (κ1) is 12.3. The molecule has 1 aromatic rings. The molecular weight excluding hydrogens is 320 g/mol. The van der Waals surface area contributed by atoms with Gasteiger partial charge in [0.1, 0.15) is 6.10 Å². The smallest absolute Gasteiger partial charge is 0.335 e. The maximum atomic E-state index is 13.1. The summed E-state index contributed by atoms with van der Waals surface area (Å²) in [5.74, 6) is -2.61. The first-order valence-corrected chi connectivity index (χ1v) is 4.92. The lowest BCUT2D eigenvalue weighted by atomic mass is 10.1. The summed E-state index contributed by atoms with van der Waals surface area (Å²) >= 11 is 1.71. The lowest BCUT2D eigenvalue weighted by molar-refractivity contribution is -0.153. The number of hydrogen-bond donors (Lipinski definition) is 3. The van der Waals surface area contributed by atoms with Gasteiger partial charge in [-0.15, -0.1) is 0 Å². The van der Waals surface area contributed by atoms with Crippen LogP contribution in [0.2, 0.25) is 0 Å². The molecule has 2 unspecified atom stereocenters. The molecule has 0 aromatic carbocycles. The van der Waals surface area contributed by atoms with Crippen molar-refractivity contribution in [2.45, 2.75) is 12.2 Å². The third kappa shape index (κ3) is 2.61. The average molecular weight is 327 g/mol. The second-order valence-electron chi connectivity index (χ2n) is 2.73. The van der Waals surface area contributed by atoms with Crippen LogP contribution in [-0.2, 0) is 4.79 Å². The fourth-order valence-corrected chi connectivity index (χ4v) is 1.68. The van der Waals surface area contributed by atoms with E-state index in [1.165, 1.54) is 12.3 Å². The molecule has 1 rings (SSSR count). The number of aliphatic carboxylic acids is 1. The normalized spacial score (nSPS) is 14.7. The van der Waals surface area contributed by atoms with Crippen LogP contribution in [0.1, 0.15) is 11.7 Å². The zero-order chi connectivity index (χ0) is 11.6. The molecule has 0 radical (unpaired) electrons. The van der Waals surface area contributed by atoms with E-state index in [1.807, 2.05) is 0 Å². The first-order chi connectivity index (χ1) is 6.95. The van der Waals surface area contributed by atoms with Crippen molar-refractivity contribution in [1.82, 2.24) is 4.98 Å². The standard InChI is InChI=1S/C8H7FINO4/c9-7-4(3(10)1-2-11-7)5(12)6(13)8(14)15/h1-2,5-6,12-13H,(H,14,15). The topological polar surface area (TPSA) is 90.7 Å². The molecule has 1 heterocycles. The number of aliphatic hydroxyl groups is 2. The minimum Gasteiger partial charge on any atom is -0.479 e. The Labute approximate surface area is 97.7 Å². The van der Waals surface area contributed by atoms with E-state index in [-0.39, 0.29) is 5.56 Å². The molecule has 15 heavy (non-hydrogen) atoms. The fraction of sp³-hybridized carbons (Fsp3) is 0.250. The molecule has 0 saturated carbocycles. The molecule has 0 aliphatic heterocycles. The Bertz CT molecular complexity index is 367. The van der Waals surface area contributed by atoms with E-state index in [0.29, 0.717) is 3.57 Å². The molecule has 0 aliphatic rings. The Hall–Kier alpha value is -0.800. The number of aromatic nitrogens is 1. The third-order valence-electron chi connectivity index (χ3n) is 1.74. The Morgan fingerprint density at radius 2 is 2.13 bits per heavy atom. The SMILES string of the molecule is O=C(O)C(O)C(O)c1c(I)ccnc1F. The molecule has 7 heteroatoms. The van der Waals surface area contributed by atoms with E-state index in [0.717, 1.165) is 0 Å². The van der Waals surface area contributed by atoms with Gasteiger partial charge in [-0.1, -0.05) is 0 Å². The van der Waals surface area contributed by atoms with Crippen molar-refractivity contribution in [3.63, 3.8) is 0 Å². The van der Waals surface area contributed by atoms with Gasteiger partial charge in [-0.2, -0.15) is 4.39 Å². The molecule has 0 amide bonds. The van der Waals surface area contributed by atoms with Crippen LogP contribution in [0.3, 0.4) is 0 Å². The number of carboxylic acids is 1. The summed E-state index contributed by atoms with van der Waals surface area (Å²) in [6.07, 6.45) is -2.72. The van der Waals surface area contributed by atoms with Crippen LogP contribution < -0.4 is 0 Å². The summed E-state index contributed by atoms with van der Waals surface area (Å²) < 4.78 is 13.4. The number of aliphatic hydroxyl groups excluding tert-OH is 2. The van der Waals surface area contributed by atoms with E-state index in [2.05, 4.69) is 4.98 Å². The highest BCUT2D eigenvalue weighted by Gasteiger charge is 2.29. The molecule has 5 nitrogen and oxygen atoms in total. The van der Waals surface area contributed by atoms with E-state index >= 15 is 0 Å². The Balaban J connectivity index is 3.10. The van der Waals surface area contributed by atoms with Crippen molar-refractivity contribution < 1.29 is 24.5 Å². The van der Waals surface area contributed by atoms with Crippen molar-refractivity contribution in [2.75, 3.05) is 0 Å². The van der Waals surface area contributed by atoms with Gasteiger partial charge in [0.15, 0.2) is 6.10 Å². The van der Waals surface area contributed by atoms with Crippen molar-refractivity contribution in [1.29, 1.82) is 0 Å². The van der Waals surface area contributed by atoms with E-state index in [9.17, 15) is 14.3 Å². The van der Waals surface area contributed by atoms with E-state index in [1.54, 1.807) is 22.6 Å². The van der Waals surface area contributed by atoms with Gasteiger partial charge in [0.25, 0.3) is 0 Å². The Kier molecular flexibility index (Phi) is 3.94. The lowest BCUT2D eigenvalue weighted by Gasteiger charge is -2.15. The van der Waals surface area contributed by atoms with Crippen molar-refractivity contribution in [2.24, 2.45) is 0 Å². The molecule has 0 saturated heterocycles. The minimum absolute atomic E-state index is 0.299. The molecular formula is C8H7FINO4. The highest BCUT2D eigenvalue weighted by atomic mass is 127. The van der Waals surface area contributed by atoms with E-state index < -0.39 is 24.1 Å². The molecule has 0 fully saturated rings. The van der Waals surface area contributed by atoms with Crippen LogP contribution in [0.4, 0.5) is 4.39 Å². The van der Waals surface area contributed by atoms with Gasteiger partial charge in [0.05, 0.1) is 5.56 Å². The van der Waals surface area contributed by atoms with Gasteiger partial charge in [-0.3, -0.25) is 0 Å². The Morgan fingerprint density at radius 3 is 2.60 bits per heavy atom. The van der Waals surface area contributed by atoms with Crippen LogP contribution in [-0.4, -0.2) is 32.4 Å². The summed E-state index contributed by atoms with van der Waals surface area (Å²) in [6.45, 7) is 0. The zero-order valence-electron chi connectivity index (χ0n) is 7.26. The predicted octanol–water partition coefficient (Wildman–Crippen LogP) is 0.304. The number of hydrogen-bond acceptors (Lipinski definition) is 4. The molecule has 0 aliphatic carbocycles. The van der Waals surface area contributed by atoms with Gasteiger partial charge in [0.2, 0.25) is 5.95 Å². The lowest BCUT2D eigenvalue weighted by Crippen LogP contribution is -2.28. The summed E-state index contributed by atoms with van der Waals surface area (Å²) in [6, 6.07) is 1.40. The van der Waals surface area contributed by atoms with Crippen LogP contribution in [0, 0.1) is 9.52 Å². The summed E-state index contributed by atoms with van der Waals surface area (Å²) in [5.41, 5.74) is -0.312. The van der Waals surface area contributed by atoms with Gasteiger partial charge < -0.3 is 15.3 Å². The minimum atomic E-state index is -2.07. The highest BCUT2D eigenvalue weighted by molar-refractivity contribution is 14.1. The quantitative estimate of drug-likeness (QED) is 0.549. The fourth-order valence-electron chi connectivity index (χ4n) is 0.982. The molecule has 82 valence electrons. The number of rotatable bonds is 3. The Morgan fingerprint density at radius 1 is 1.53 bits per heavy atom. The number of pyridine rings is 1. The maximum Gasteiger partial charge on any atom is 0.335 e. The second-order valence-corrected chi connectivity index (χ2v) is 3.89. The van der Waals surface area contributed by atoms with Gasteiger partial charge >= 0.3 is 5.97 Å². The zero-order valence-corrected chi connectivity index (χ0v) is 9.42. The van der Waals surface area contributed by atoms with Crippen molar-refractivity contribution in [3.8, 4) is 0 Å². The van der Waals surface area contributed by atoms with Gasteiger partial charge in [0, 0.05) is 9.77 Å². The summed E-state index contributed by atoms with van der Waals surface area (Å²) in [4.78, 5) is 13.6. The largest absolute Gasteiger partial charge is 0.479 e. The number of carbonyl (C=O) groups is 1. The predicted molar refractivity (Wildman–Crippen MR) is 55.5 cm³/mol. The van der Waals surface area contributed by atoms with Crippen LogP contribution >= 0.6 is 22.6 Å². The van der Waals surface area contributed by atoms with Gasteiger partial charge in [-0.25, -0.2) is 9.78 Å². The molecule has 1 aromatic heterocycles. The number of carboxylic acid groups (broad SMARTS) is 1. The molecule has 0 bridgehead atoms. The van der Waals surface area contributed by atoms with E-state index in [4.69, 9.17) is 10.2 Å². The summed E-state index contributed by atoms with van der Waals surface area (Å²) in [7, 11) is 0. The van der Waals surface area contributed by atoms with Gasteiger partial charge in [-0.05, 0) is 28.7 Å². The van der Waals surface area contributed by atoms with Crippen molar-refractivity contribution >= 4 is 28.6 Å². The highest BCUT2D eigenvalue weighted by Crippen LogP contribution is 2.24. The molecule has 0 spiro atoms. The summed E-state index contributed by atoms with van der Waals surface area (Å²) in [5, 5.41) is 26.9. The van der Waals surface area contributed by atoms with Crippen molar-refractivity contribution in [3.05, 3.63) is 27.3 Å². The average Bonchev–Trinajstić information content (AvgIpc) is 2.15. The second kappa shape index (κ2) is 4.81. The maximum absolute atomic E-state index is 13.1. The van der Waals surface area contributed by atoms with Crippen LogP contribution in [0.25, 0.3) is 0 Å². The van der Waals surface area contributed by atoms with Crippen LogP contribution in [0.5, 0.6) is 0 Å². The third-order valence-corrected chi connectivity index (χ3v) is 2.68. The number of halogens is 2.